The topological polar surface area (TPSA) is 36.7 Å². The molecule has 0 aromatic carbocycles. The maximum atomic E-state index is 8.18. The molecule has 0 aliphatic rings. The van der Waals surface area contributed by atoms with Gasteiger partial charge in [-0.2, -0.15) is 5.26 Å². The van der Waals surface area contributed by atoms with Gasteiger partial charge in [0, 0.05) is 18.5 Å². The highest BCUT2D eigenvalue weighted by molar-refractivity contribution is 5.50. The van der Waals surface area contributed by atoms with Crippen LogP contribution in [0.5, 0.6) is 0 Å². The molecule has 0 N–H and O–H groups in total. The van der Waals surface area contributed by atoms with E-state index in [1.807, 2.05) is 18.2 Å². The van der Waals surface area contributed by atoms with Gasteiger partial charge in [-0.3, -0.25) is 4.98 Å². The Hall–Kier alpha value is -1.62. The van der Waals surface area contributed by atoms with Gasteiger partial charge >= 0.3 is 0 Å². The number of allylic oxidation sites excluding steroid dienone is 1. The molecule has 1 aromatic rings. The summed E-state index contributed by atoms with van der Waals surface area (Å²) in [4.78, 5) is 3.84. The van der Waals surface area contributed by atoms with Crippen LogP contribution in [0.25, 0.3) is 6.08 Å². The molecular weight excluding hydrogens is 124 g/mol. The van der Waals surface area contributed by atoms with E-state index in [9.17, 15) is 0 Å². The number of rotatable bonds is 1. The van der Waals surface area contributed by atoms with Crippen LogP contribution >= 0.6 is 0 Å². The van der Waals surface area contributed by atoms with E-state index in [0.717, 1.165) is 5.56 Å². The van der Waals surface area contributed by atoms with E-state index in [1.54, 1.807) is 18.5 Å². The van der Waals surface area contributed by atoms with Gasteiger partial charge in [-0.05, 0) is 23.8 Å². The van der Waals surface area contributed by atoms with Crippen molar-refractivity contribution in [2.24, 2.45) is 0 Å². The van der Waals surface area contributed by atoms with Crippen molar-refractivity contribution < 1.29 is 0 Å². The Morgan fingerprint density at radius 3 is 2.70 bits per heavy atom. The van der Waals surface area contributed by atoms with Crippen molar-refractivity contribution in [1.29, 1.82) is 5.26 Å². The highest BCUT2D eigenvalue weighted by Gasteiger charge is 1.79. The van der Waals surface area contributed by atoms with Gasteiger partial charge in [0.2, 0.25) is 0 Å². The predicted molar refractivity (Wildman–Crippen MR) is 38.9 cm³/mol. The van der Waals surface area contributed by atoms with Crippen molar-refractivity contribution in [3.8, 4) is 6.07 Å². The van der Waals surface area contributed by atoms with Crippen LogP contribution < -0.4 is 0 Å². The van der Waals surface area contributed by atoms with Crippen LogP contribution in [-0.4, -0.2) is 4.98 Å². The number of hydrogen-bond donors (Lipinski definition) is 0. The van der Waals surface area contributed by atoms with Crippen molar-refractivity contribution in [2.75, 3.05) is 0 Å². The summed E-state index contributed by atoms with van der Waals surface area (Å²) in [6.07, 6.45) is 6.56. The fraction of sp³-hybridized carbons (Fsp3) is 0. The fourth-order valence-electron chi connectivity index (χ4n) is 0.608. The molecule has 0 amide bonds. The quantitative estimate of drug-likeness (QED) is 0.541. The molecule has 1 rings (SSSR count). The first kappa shape index (κ1) is 6.50. The second-order valence-electron chi connectivity index (χ2n) is 1.74. The van der Waals surface area contributed by atoms with E-state index in [1.165, 1.54) is 6.08 Å². The molecule has 0 saturated carbocycles. The average molecular weight is 130 g/mol. The lowest BCUT2D eigenvalue weighted by Gasteiger charge is -1.85. The Kier molecular flexibility index (Phi) is 2.22. The zero-order valence-corrected chi connectivity index (χ0v) is 5.36. The highest BCUT2D eigenvalue weighted by atomic mass is 14.6. The van der Waals surface area contributed by atoms with Crippen molar-refractivity contribution in [3.63, 3.8) is 0 Å². The third-order valence-corrected chi connectivity index (χ3v) is 1.06. The lowest BCUT2D eigenvalue weighted by atomic mass is 10.2. The lowest BCUT2D eigenvalue weighted by Crippen LogP contribution is -1.70. The second kappa shape index (κ2) is 3.41. The minimum absolute atomic E-state index is 0.997. The van der Waals surface area contributed by atoms with E-state index in [0.29, 0.717) is 0 Å². The van der Waals surface area contributed by atoms with Crippen LogP contribution in [0.2, 0.25) is 0 Å². The highest BCUT2D eigenvalue weighted by Crippen LogP contribution is 1.97. The summed E-state index contributed by atoms with van der Waals surface area (Å²) >= 11 is 0. The maximum Gasteiger partial charge on any atom is 0.0912 e. The maximum absolute atomic E-state index is 8.18. The summed E-state index contributed by atoms with van der Waals surface area (Å²) in [5, 5.41) is 8.18. The molecule has 2 nitrogen and oxygen atoms in total. The Morgan fingerprint density at radius 2 is 2.10 bits per heavy atom. The molecule has 0 saturated heterocycles. The Balaban J connectivity index is 2.79. The van der Waals surface area contributed by atoms with Crippen LogP contribution in [-0.2, 0) is 0 Å². The minimum atomic E-state index is 0.997. The van der Waals surface area contributed by atoms with E-state index < -0.39 is 0 Å². The Bertz CT molecular complexity index is 256. The van der Waals surface area contributed by atoms with Crippen molar-refractivity contribution >= 4 is 6.08 Å². The predicted octanol–water partition coefficient (Wildman–Crippen LogP) is 1.62. The third-order valence-electron chi connectivity index (χ3n) is 1.06. The summed E-state index contributed by atoms with van der Waals surface area (Å²) in [6.45, 7) is 0. The molecular formula is C8H6N2. The largest absolute Gasteiger partial charge is 0.265 e. The lowest BCUT2D eigenvalue weighted by molar-refractivity contribution is 1.32. The van der Waals surface area contributed by atoms with Crippen molar-refractivity contribution in [1.82, 2.24) is 4.98 Å². The van der Waals surface area contributed by atoms with Crippen molar-refractivity contribution in [2.45, 2.75) is 0 Å². The molecule has 0 atom stereocenters. The average Bonchev–Trinajstić information content (AvgIpc) is 2.03. The zero-order valence-electron chi connectivity index (χ0n) is 5.36. The first-order valence-electron chi connectivity index (χ1n) is 2.89. The van der Waals surface area contributed by atoms with Gasteiger partial charge in [0.1, 0.15) is 0 Å². The van der Waals surface area contributed by atoms with Crippen LogP contribution in [0.3, 0.4) is 0 Å². The molecule has 2 heteroatoms. The monoisotopic (exact) mass is 130 g/mol. The van der Waals surface area contributed by atoms with Gasteiger partial charge in [-0.1, -0.05) is 0 Å². The normalized spacial score (nSPS) is 9.50. The Morgan fingerprint density at radius 1 is 1.40 bits per heavy atom. The molecule has 0 unspecified atom stereocenters. The van der Waals surface area contributed by atoms with Gasteiger partial charge in [-0.15, -0.1) is 0 Å². The third kappa shape index (κ3) is 1.71. The molecule has 1 aromatic heterocycles. The van der Waals surface area contributed by atoms with Crippen molar-refractivity contribution in [3.05, 3.63) is 36.2 Å². The van der Waals surface area contributed by atoms with Gasteiger partial charge in [0.15, 0.2) is 0 Å². The molecule has 0 aliphatic carbocycles. The first-order chi connectivity index (χ1) is 4.93. The summed E-state index contributed by atoms with van der Waals surface area (Å²) < 4.78 is 0. The van der Waals surface area contributed by atoms with Gasteiger partial charge in [0.25, 0.3) is 0 Å². The molecule has 0 radical (unpaired) electrons. The molecule has 10 heavy (non-hydrogen) atoms. The number of nitrogens with zero attached hydrogens (tertiary/aromatic N) is 2. The number of nitriles is 1. The Labute approximate surface area is 59.4 Å². The minimum Gasteiger partial charge on any atom is -0.265 e. The SMILES string of the molecule is N#CC=Cc1ccncc1. The summed E-state index contributed by atoms with van der Waals surface area (Å²) in [7, 11) is 0. The summed E-state index contributed by atoms with van der Waals surface area (Å²) in [6, 6.07) is 5.60. The zero-order chi connectivity index (χ0) is 7.23. The molecule has 0 spiro atoms. The van der Waals surface area contributed by atoms with E-state index in [-0.39, 0.29) is 0 Å². The number of pyridine rings is 1. The first-order valence-corrected chi connectivity index (χ1v) is 2.89. The standard InChI is InChI=1S/C8H6N2/c9-5-1-2-8-3-6-10-7-4-8/h1-4,6-7H. The summed E-state index contributed by atoms with van der Waals surface area (Å²) in [5.74, 6) is 0. The van der Waals surface area contributed by atoms with E-state index in [2.05, 4.69) is 4.98 Å². The van der Waals surface area contributed by atoms with Crippen LogP contribution in [0, 0.1) is 11.3 Å². The van der Waals surface area contributed by atoms with Crippen LogP contribution in [0.15, 0.2) is 30.6 Å². The van der Waals surface area contributed by atoms with Gasteiger partial charge < -0.3 is 0 Å². The summed E-state index contributed by atoms with van der Waals surface area (Å²) in [5.41, 5.74) is 0.997. The van der Waals surface area contributed by atoms with E-state index in [4.69, 9.17) is 5.26 Å². The van der Waals surface area contributed by atoms with Crippen LogP contribution in [0.1, 0.15) is 5.56 Å². The molecule has 0 fully saturated rings. The smallest absolute Gasteiger partial charge is 0.0912 e. The van der Waals surface area contributed by atoms with E-state index >= 15 is 0 Å². The van der Waals surface area contributed by atoms with Gasteiger partial charge in [0.05, 0.1) is 6.07 Å². The second-order valence-corrected chi connectivity index (χ2v) is 1.74. The molecule has 48 valence electrons. The molecule has 1 heterocycles. The van der Waals surface area contributed by atoms with Crippen LogP contribution in [0.4, 0.5) is 0 Å². The molecule has 0 bridgehead atoms. The van der Waals surface area contributed by atoms with Gasteiger partial charge in [-0.25, -0.2) is 0 Å². The number of aromatic nitrogens is 1. The number of hydrogen-bond acceptors (Lipinski definition) is 2. The molecule has 0 aliphatic heterocycles. The fourth-order valence-corrected chi connectivity index (χ4v) is 0.608.